The first-order valence-electron chi connectivity index (χ1n) is 7.37. The second-order valence-corrected chi connectivity index (χ2v) is 5.92. The predicted molar refractivity (Wildman–Crippen MR) is 85.8 cm³/mol. The Morgan fingerprint density at radius 2 is 1.95 bits per heavy atom. The molecule has 1 aromatic heterocycles. The number of rotatable bonds is 7. The van der Waals surface area contributed by atoms with E-state index in [4.69, 9.17) is 10.00 Å². The molecule has 21 heavy (non-hydrogen) atoms. The number of hydrogen-bond donors (Lipinski definition) is 0. The lowest BCUT2D eigenvalue weighted by Gasteiger charge is -2.05. The molecule has 0 bridgehead atoms. The zero-order valence-electron chi connectivity index (χ0n) is 12.6. The summed E-state index contributed by atoms with van der Waals surface area (Å²) in [7, 11) is 0. The molecule has 0 unspecified atom stereocenters. The third kappa shape index (κ3) is 4.30. The molecule has 0 saturated carbocycles. The molecule has 4 heteroatoms. The van der Waals surface area contributed by atoms with E-state index in [1.54, 1.807) is 0 Å². The van der Waals surface area contributed by atoms with Gasteiger partial charge in [-0.3, -0.25) is 0 Å². The molecule has 0 radical (unpaired) electrons. The average Bonchev–Trinajstić information content (AvgIpc) is 2.90. The number of nitrogens with zero attached hydrogens (tertiary/aromatic N) is 2. The lowest BCUT2D eigenvalue weighted by Crippen LogP contribution is -2.01. The molecule has 0 aliphatic rings. The Balaban J connectivity index is 1.89. The summed E-state index contributed by atoms with van der Waals surface area (Å²) >= 11 is 1.49. The summed E-state index contributed by atoms with van der Waals surface area (Å²) in [5, 5.41) is 10.1. The van der Waals surface area contributed by atoms with Crippen LogP contribution < -0.4 is 4.74 Å². The largest absolute Gasteiger partial charge is 0.493 e. The van der Waals surface area contributed by atoms with Crippen molar-refractivity contribution in [2.45, 2.75) is 39.5 Å². The number of aryl methyl sites for hydroxylation is 2. The summed E-state index contributed by atoms with van der Waals surface area (Å²) in [5.74, 6) is 0.887. The summed E-state index contributed by atoms with van der Waals surface area (Å²) in [6.45, 7) is 4.83. The molecular weight excluding hydrogens is 280 g/mol. The van der Waals surface area contributed by atoms with E-state index in [-0.39, 0.29) is 0 Å². The van der Waals surface area contributed by atoms with Gasteiger partial charge in [0.2, 0.25) is 0 Å². The molecule has 0 N–H and O–H groups in total. The Kier molecular flexibility index (Phi) is 5.77. The van der Waals surface area contributed by atoms with Crippen molar-refractivity contribution in [2.75, 3.05) is 6.61 Å². The fourth-order valence-electron chi connectivity index (χ4n) is 2.08. The van der Waals surface area contributed by atoms with Gasteiger partial charge in [-0.2, -0.15) is 5.26 Å². The third-order valence-electron chi connectivity index (χ3n) is 3.25. The van der Waals surface area contributed by atoms with Crippen LogP contribution in [-0.4, -0.2) is 11.6 Å². The molecule has 0 amide bonds. The quantitative estimate of drug-likeness (QED) is 0.771. The highest BCUT2D eigenvalue weighted by Crippen LogP contribution is 2.20. The molecule has 2 rings (SSSR count). The van der Waals surface area contributed by atoms with Crippen LogP contribution in [0.25, 0.3) is 0 Å². The van der Waals surface area contributed by atoms with Gasteiger partial charge in [0.15, 0.2) is 0 Å². The minimum absolute atomic E-state index is 0.593. The van der Waals surface area contributed by atoms with E-state index in [0.717, 1.165) is 47.0 Å². The molecule has 0 aliphatic heterocycles. The summed E-state index contributed by atoms with van der Waals surface area (Å²) in [6.07, 6.45) is 3.67. The van der Waals surface area contributed by atoms with Gasteiger partial charge < -0.3 is 4.74 Å². The number of benzene rings is 1. The van der Waals surface area contributed by atoms with Gasteiger partial charge in [-0.25, -0.2) is 4.98 Å². The molecule has 1 aromatic carbocycles. The van der Waals surface area contributed by atoms with Crippen molar-refractivity contribution in [2.24, 2.45) is 0 Å². The third-order valence-corrected chi connectivity index (χ3v) is 4.31. The second-order valence-electron chi connectivity index (χ2n) is 4.84. The molecule has 2 aromatic rings. The van der Waals surface area contributed by atoms with Crippen molar-refractivity contribution in [1.82, 2.24) is 4.98 Å². The maximum absolute atomic E-state index is 9.10. The predicted octanol–water partition coefficient (Wildman–Crippen LogP) is 4.15. The van der Waals surface area contributed by atoms with Gasteiger partial charge in [-0.1, -0.05) is 32.4 Å². The zero-order valence-corrected chi connectivity index (χ0v) is 13.4. The maximum atomic E-state index is 9.10. The number of hydrogen-bond acceptors (Lipinski definition) is 4. The Labute approximate surface area is 130 Å². The van der Waals surface area contributed by atoms with Gasteiger partial charge in [0.1, 0.15) is 16.7 Å². The van der Waals surface area contributed by atoms with Crippen LogP contribution >= 0.6 is 11.3 Å². The lowest BCUT2D eigenvalue weighted by atomic mass is 10.2. The maximum Gasteiger partial charge on any atom is 0.128 e. The van der Waals surface area contributed by atoms with Crippen LogP contribution in [0.4, 0.5) is 0 Å². The van der Waals surface area contributed by atoms with Crippen molar-refractivity contribution in [1.29, 1.82) is 5.26 Å². The summed E-state index contributed by atoms with van der Waals surface area (Å²) < 4.78 is 5.74. The Morgan fingerprint density at radius 1 is 1.19 bits per heavy atom. The number of nitriles is 1. The molecular formula is C17H20N2OS. The fourth-order valence-corrected chi connectivity index (χ4v) is 2.97. The second kappa shape index (κ2) is 7.80. The van der Waals surface area contributed by atoms with E-state index in [1.807, 2.05) is 12.1 Å². The van der Waals surface area contributed by atoms with Crippen LogP contribution in [-0.2, 0) is 19.3 Å². The van der Waals surface area contributed by atoms with Crippen LogP contribution in [0.2, 0.25) is 0 Å². The van der Waals surface area contributed by atoms with Gasteiger partial charge >= 0.3 is 0 Å². The van der Waals surface area contributed by atoms with E-state index < -0.39 is 0 Å². The highest BCUT2D eigenvalue weighted by molar-refractivity contribution is 7.12. The minimum atomic E-state index is 0.593. The van der Waals surface area contributed by atoms with E-state index in [2.05, 4.69) is 37.0 Å². The molecule has 0 saturated heterocycles. The Bertz CT molecular complexity index is 611. The standard InChI is InChI=1S/C17H20N2OS/c1-3-5-15-16(12-18)21-17(19-15)10-11-20-14-8-6-13(4-2)7-9-14/h6-9H,3-5,10-11H2,1-2H3. The highest BCUT2D eigenvalue weighted by Gasteiger charge is 2.10. The monoisotopic (exact) mass is 300 g/mol. The molecule has 0 spiro atoms. The highest BCUT2D eigenvalue weighted by atomic mass is 32.1. The summed E-state index contributed by atoms with van der Waals surface area (Å²) in [5.41, 5.74) is 2.25. The van der Waals surface area contributed by atoms with Gasteiger partial charge in [0.25, 0.3) is 0 Å². The number of thiazole rings is 1. The van der Waals surface area contributed by atoms with Crippen LogP contribution in [0.15, 0.2) is 24.3 Å². The molecule has 0 aliphatic carbocycles. The SMILES string of the molecule is CCCc1nc(CCOc2ccc(CC)cc2)sc1C#N. The van der Waals surface area contributed by atoms with E-state index in [1.165, 1.54) is 16.9 Å². The van der Waals surface area contributed by atoms with Crippen molar-refractivity contribution < 1.29 is 4.74 Å². The van der Waals surface area contributed by atoms with Crippen LogP contribution in [0.1, 0.15) is 41.4 Å². The van der Waals surface area contributed by atoms with Gasteiger partial charge in [-0.05, 0) is 30.5 Å². The van der Waals surface area contributed by atoms with E-state index >= 15 is 0 Å². The minimum Gasteiger partial charge on any atom is -0.493 e. The van der Waals surface area contributed by atoms with Crippen LogP contribution in [0.5, 0.6) is 5.75 Å². The van der Waals surface area contributed by atoms with Crippen LogP contribution in [0, 0.1) is 11.3 Å². The summed E-state index contributed by atoms with van der Waals surface area (Å²) in [4.78, 5) is 5.29. The normalized spacial score (nSPS) is 10.3. The van der Waals surface area contributed by atoms with Crippen LogP contribution in [0.3, 0.4) is 0 Å². The zero-order chi connectivity index (χ0) is 15.1. The Hall–Kier alpha value is -1.86. The van der Waals surface area contributed by atoms with Gasteiger partial charge in [0, 0.05) is 6.42 Å². The van der Waals surface area contributed by atoms with E-state index in [9.17, 15) is 0 Å². The molecule has 1 heterocycles. The average molecular weight is 300 g/mol. The molecule has 3 nitrogen and oxygen atoms in total. The lowest BCUT2D eigenvalue weighted by molar-refractivity contribution is 0.321. The van der Waals surface area contributed by atoms with E-state index in [0.29, 0.717) is 6.61 Å². The number of ether oxygens (including phenoxy) is 1. The number of aromatic nitrogens is 1. The molecule has 0 fully saturated rings. The topological polar surface area (TPSA) is 45.9 Å². The Morgan fingerprint density at radius 3 is 2.57 bits per heavy atom. The van der Waals surface area contributed by atoms with Gasteiger partial charge in [0.05, 0.1) is 17.3 Å². The smallest absolute Gasteiger partial charge is 0.128 e. The van der Waals surface area contributed by atoms with Crippen molar-refractivity contribution in [3.05, 3.63) is 45.4 Å². The van der Waals surface area contributed by atoms with Crippen molar-refractivity contribution >= 4 is 11.3 Å². The van der Waals surface area contributed by atoms with Gasteiger partial charge in [-0.15, -0.1) is 11.3 Å². The first-order valence-corrected chi connectivity index (χ1v) is 8.18. The molecule has 0 atom stereocenters. The fraction of sp³-hybridized carbons (Fsp3) is 0.412. The van der Waals surface area contributed by atoms with Crippen molar-refractivity contribution in [3.63, 3.8) is 0 Å². The first kappa shape index (κ1) is 15.5. The van der Waals surface area contributed by atoms with Crippen molar-refractivity contribution in [3.8, 4) is 11.8 Å². The first-order chi connectivity index (χ1) is 10.3. The summed E-state index contributed by atoms with van der Waals surface area (Å²) in [6, 6.07) is 10.4. The molecule has 110 valence electrons.